The summed E-state index contributed by atoms with van der Waals surface area (Å²) in [6.45, 7) is 7.57. The third-order valence-electron chi connectivity index (χ3n) is 5.63. The molecule has 0 saturated carbocycles. The zero-order valence-electron chi connectivity index (χ0n) is 30.2. The molecule has 3 aromatic rings. The minimum Gasteiger partial charge on any atom is -0.778 e. The van der Waals surface area contributed by atoms with E-state index in [1.54, 1.807) is 9.36 Å². The summed E-state index contributed by atoms with van der Waals surface area (Å²) in [5.74, 6) is -1.10. The van der Waals surface area contributed by atoms with Gasteiger partial charge in [0.15, 0.2) is 0 Å². The number of nitrogens with zero attached hydrogens (tertiary/aromatic N) is 6. The highest BCUT2D eigenvalue weighted by Crippen LogP contribution is 2.33. The van der Waals surface area contributed by atoms with Crippen molar-refractivity contribution in [3.8, 4) is 0 Å². The van der Waals surface area contributed by atoms with E-state index in [2.05, 4.69) is 54.1 Å². The summed E-state index contributed by atoms with van der Waals surface area (Å²) in [5, 5.41) is 16.4. The number of anilines is 2. The Kier molecular flexibility index (Phi) is 22.4. The molecule has 3 heterocycles. The average molecular weight is 865 g/mol. The molecule has 0 radical (unpaired) electrons. The van der Waals surface area contributed by atoms with E-state index in [1.807, 2.05) is 26.1 Å². The second kappa shape index (κ2) is 24.6. The quantitative estimate of drug-likeness (QED) is 0.0761. The number of aromatic nitrogens is 5. The molecule has 1 aromatic carbocycles. The lowest BCUT2D eigenvalue weighted by Gasteiger charge is -2.15. The summed E-state index contributed by atoms with van der Waals surface area (Å²) < 4.78 is 32.2. The van der Waals surface area contributed by atoms with E-state index in [0.29, 0.717) is 45.6 Å². The van der Waals surface area contributed by atoms with E-state index in [1.165, 1.54) is 13.2 Å². The molecule has 1 unspecified atom stereocenters. The number of methoxy groups -OCH3 is 1. The maximum Gasteiger partial charge on any atom is 0.325 e. The second-order valence-electron chi connectivity index (χ2n) is 11.2. The fourth-order valence-electron chi connectivity index (χ4n) is 3.64. The van der Waals surface area contributed by atoms with Crippen LogP contribution in [0.4, 0.5) is 22.0 Å². The number of halogens is 3. The highest BCUT2D eigenvalue weighted by Gasteiger charge is 2.15. The number of aliphatic carboxylic acids is 1. The maximum atomic E-state index is 14.3. The molecular weight excluding hydrogens is 819 g/mol. The minimum absolute atomic E-state index is 0.0605. The number of carbonyl (C=O) groups excluding carboxylic acids is 1. The van der Waals surface area contributed by atoms with E-state index >= 15 is 0 Å². The number of nitrogens with one attached hydrogen (secondary N) is 3. The van der Waals surface area contributed by atoms with Crippen LogP contribution in [0.2, 0.25) is 10.3 Å². The van der Waals surface area contributed by atoms with Crippen LogP contribution >= 0.6 is 53.9 Å². The topological polar surface area (TPSA) is 238 Å². The third-order valence-corrected chi connectivity index (χ3v) is 8.75. The summed E-state index contributed by atoms with van der Waals surface area (Å²) in [4.78, 5) is 68.3. The minimum atomic E-state index is -4.35. The number of hydrogen-bond donors (Lipinski definition) is 5. The van der Waals surface area contributed by atoms with Crippen molar-refractivity contribution in [2.75, 3.05) is 61.6 Å². The van der Waals surface area contributed by atoms with Crippen LogP contribution in [0.25, 0.3) is 0 Å². The highest BCUT2D eigenvalue weighted by atomic mass is 35.5. The van der Waals surface area contributed by atoms with Gasteiger partial charge in [0.1, 0.15) is 19.1 Å². The zero-order valence-corrected chi connectivity index (χ0v) is 35.1. The third kappa shape index (κ3) is 20.5. The molecule has 2 aromatic heterocycles. The number of carbonyl (C=O) groups is 2. The van der Waals surface area contributed by atoms with Crippen molar-refractivity contribution >= 4 is 94.3 Å². The molecule has 1 atom stereocenters. The highest BCUT2D eigenvalue weighted by molar-refractivity contribution is 8.00. The number of carboxylic acid groups (broad SMARTS) is 1. The van der Waals surface area contributed by atoms with Gasteiger partial charge in [0.05, 0.1) is 49.5 Å². The Morgan fingerprint density at radius 3 is 2.32 bits per heavy atom. The summed E-state index contributed by atoms with van der Waals surface area (Å²) in [6.07, 6.45) is 7.77. The first-order valence-corrected chi connectivity index (χ1v) is 22.4. The van der Waals surface area contributed by atoms with Crippen LogP contribution in [-0.4, -0.2) is 103 Å². The molecule has 0 saturated heterocycles. The van der Waals surface area contributed by atoms with Crippen molar-refractivity contribution < 1.29 is 38.2 Å². The standard InChI is InChI=1S/C15H15ClFN3O3S2.C8H14ClN5.C3H8NO5P.C3H9S/c1-23-13(21)8-24-12-7-11(10(17)6-9(12)16)18-14-19-4-2-3-5-20(19)15(22)25-14;1-4-10-7-12-6(9)13-8(14-7)11-5(2)3;5-3(6)1-4-2-10(7,8)9;1-4(2)3/h6-7H,2-5,8H2,1H3;5H,4H2,1-3H3,(H2,10,11,12,13,14);4H,1-2H2,(H,5,6)(H2,7,8,9);1-3H3/q;;;+1/p-1/b18-14-;;;. The Morgan fingerprint density at radius 1 is 1.17 bits per heavy atom. The number of thioether (sulfide) groups is 1. The number of rotatable bonds is 12. The Labute approximate surface area is 327 Å². The lowest BCUT2D eigenvalue weighted by Crippen LogP contribution is -2.31. The molecule has 24 heteroatoms. The van der Waals surface area contributed by atoms with Crippen LogP contribution in [0, 0.1) is 5.82 Å². The SMILES string of the molecule is CCNc1nc(Cl)nc(NC(C)C)n1.COC(=O)CSc1cc(/N=c2\sc(=O)n3n2CCCC3)c(F)cc1Cl.C[S+](C)C.O=C(O)CNCP(=O)([O-])O. The number of carboxylic acids is 1. The van der Waals surface area contributed by atoms with Gasteiger partial charge < -0.3 is 34.8 Å². The fourth-order valence-corrected chi connectivity index (χ4v) is 6.19. The van der Waals surface area contributed by atoms with Crippen LogP contribution in [0.15, 0.2) is 26.8 Å². The Balaban J connectivity index is 0.000000422. The van der Waals surface area contributed by atoms with Crippen LogP contribution in [-0.2, 0) is 42.9 Å². The molecule has 5 N–H and O–H groups in total. The van der Waals surface area contributed by atoms with Crippen molar-refractivity contribution in [2.45, 2.75) is 57.6 Å². The number of benzene rings is 1. The smallest absolute Gasteiger partial charge is 0.325 e. The molecule has 0 fully saturated rings. The van der Waals surface area contributed by atoms with Crippen LogP contribution in [0.3, 0.4) is 0 Å². The van der Waals surface area contributed by atoms with Gasteiger partial charge in [-0.3, -0.25) is 24.4 Å². The number of ether oxygens (including phenoxy) is 1. The van der Waals surface area contributed by atoms with Gasteiger partial charge in [-0.2, -0.15) is 15.0 Å². The summed E-state index contributed by atoms with van der Waals surface area (Å²) in [7, 11) is -2.41. The first kappa shape index (κ1) is 48.3. The van der Waals surface area contributed by atoms with Gasteiger partial charge in [-0.25, -0.2) is 14.1 Å². The number of hydrogen-bond acceptors (Lipinski definition) is 15. The summed E-state index contributed by atoms with van der Waals surface area (Å²) in [5.41, 5.74) is 0.0829. The van der Waals surface area contributed by atoms with Gasteiger partial charge in [-0.1, -0.05) is 11.6 Å². The maximum absolute atomic E-state index is 14.3. The predicted molar refractivity (Wildman–Crippen MR) is 208 cm³/mol. The fraction of sp³-hybridized carbons (Fsp3) is 0.552. The summed E-state index contributed by atoms with van der Waals surface area (Å²) >= 11 is 13.9. The second-order valence-corrected chi connectivity index (χ2v) is 18.0. The first-order chi connectivity index (χ1) is 24.8. The molecule has 4 rings (SSSR count). The normalized spacial score (nSPS) is 13.3. The largest absolute Gasteiger partial charge is 0.778 e. The Bertz CT molecular complexity index is 1810. The van der Waals surface area contributed by atoms with E-state index in [4.69, 9.17) is 33.2 Å². The molecule has 53 heavy (non-hydrogen) atoms. The van der Waals surface area contributed by atoms with Crippen molar-refractivity contribution in [1.29, 1.82) is 0 Å². The van der Waals surface area contributed by atoms with Gasteiger partial charge in [-0.05, 0) is 79.6 Å². The molecule has 1 aliphatic heterocycles. The summed E-state index contributed by atoms with van der Waals surface area (Å²) in [6, 6.07) is 2.91. The number of fused-ring (bicyclic) bond motifs is 1. The van der Waals surface area contributed by atoms with Crippen LogP contribution < -0.4 is 30.5 Å². The molecule has 298 valence electrons. The molecule has 0 amide bonds. The van der Waals surface area contributed by atoms with Crippen molar-refractivity contribution in [1.82, 2.24) is 29.6 Å². The van der Waals surface area contributed by atoms with E-state index in [9.17, 15) is 28.2 Å². The van der Waals surface area contributed by atoms with Crippen molar-refractivity contribution in [3.63, 3.8) is 0 Å². The molecule has 0 aliphatic carbocycles. The monoisotopic (exact) mass is 863 g/mol. The van der Waals surface area contributed by atoms with E-state index in [0.717, 1.165) is 48.6 Å². The van der Waals surface area contributed by atoms with Gasteiger partial charge in [0.2, 0.25) is 22.0 Å². The van der Waals surface area contributed by atoms with E-state index < -0.39 is 38.2 Å². The lowest BCUT2D eigenvalue weighted by atomic mass is 10.3. The number of esters is 1. The van der Waals surface area contributed by atoms with Gasteiger partial charge >= 0.3 is 16.8 Å². The Hall–Kier alpha value is -2.75. The zero-order chi connectivity index (χ0) is 40.3. The predicted octanol–water partition coefficient (Wildman–Crippen LogP) is 3.23. The van der Waals surface area contributed by atoms with Crippen LogP contribution in [0.1, 0.15) is 33.6 Å². The average Bonchev–Trinajstić information content (AvgIpc) is 3.35. The van der Waals surface area contributed by atoms with Gasteiger partial charge in [0, 0.05) is 30.6 Å². The molecule has 0 spiro atoms. The molecule has 1 aliphatic rings. The molecular formula is C29H45Cl2FN9O8PS3. The Morgan fingerprint density at radius 2 is 1.77 bits per heavy atom. The van der Waals surface area contributed by atoms with Crippen molar-refractivity contribution in [3.05, 3.63) is 42.7 Å². The lowest BCUT2D eigenvalue weighted by molar-refractivity contribution is -0.193. The van der Waals surface area contributed by atoms with Gasteiger partial charge in [-0.15, -0.1) is 11.8 Å². The molecule has 17 nitrogen and oxygen atoms in total. The van der Waals surface area contributed by atoms with Crippen LogP contribution in [0.5, 0.6) is 0 Å². The van der Waals surface area contributed by atoms with Gasteiger partial charge in [0.25, 0.3) is 0 Å². The van der Waals surface area contributed by atoms with Crippen molar-refractivity contribution in [2.24, 2.45) is 4.99 Å². The first-order valence-electron chi connectivity index (χ1n) is 15.7. The van der Waals surface area contributed by atoms with E-state index in [-0.39, 0.29) is 32.7 Å². The molecule has 0 bridgehead atoms.